The molecule has 4 aromatic heterocycles. The number of imidazole rings is 1. The number of anilines is 2. The van der Waals surface area contributed by atoms with Gasteiger partial charge in [-0.3, -0.25) is 48.1 Å². The number of nitrogens with zero attached hydrogens (tertiary/aromatic N) is 9. The SMILES string of the molecule is CN(C(=O)C1CCC(n2cc(NC(=O)c3coc(-c4ccnc(NCC5CC5)c4)n3)c(C(F)F)n2)CC1)C1CC(OCCN2CCN(Cc3ccc4c(c3)n(C)c(=O)n4C3CCC(=O)NC3=O)CC2)C1. The van der Waals surface area contributed by atoms with E-state index in [0.29, 0.717) is 61.5 Å². The summed E-state index contributed by atoms with van der Waals surface area (Å²) >= 11 is 0. The highest BCUT2D eigenvalue weighted by Gasteiger charge is 2.39. The first-order valence-electron chi connectivity index (χ1n) is 24.6. The third-order valence-electron chi connectivity index (χ3n) is 14.9. The lowest BCUT2D eigenvalue weighted by Crippen LogP contribution is -2.51. The van der Waals surface area contributed by atoms with Crippen molar-refractivity contribution in [3.63, 3.8) is 0 Å². The molecule has 70 heavy (non-hydrogen) atoms. The molecule has 0 spiro atoms. The predicted octanol–water partition coefficient (Wildman–Crippen LogP) is 5.13. The molecular formula is C49H60F2N12O7. The van der Waals surface area contributed by atoms with E-state index in [9.17, 15) is 32.8 Å². The van der Waals surface area contributed by atoms with E-state index in [1.807, 2.05) is 30.1 Å². The van der Waals surface area contributed by atoms with Crippen molar-refractivity contribution in [2.75, 3.05) is 63.6 Å². The third-order valence-corrected chi connectivity index (χ3v) is 14.9. The van der Waals surface area contributed by atoms with Crippen molar-refractivity contribution in [2.45, 2.75) is 101 Å². The third kappa shape index (κ3) is 10.3. The van der Waals surface area contributed by atoms with Gasteiger partial charge in [0.25, 0.3) is 12.3 Å². The first-order valence-corrected chi connectivity index (χ1v) is 24.6. The maximum atomic E-state index is 14.2. The molecule has 6 heterocycles. The Hall–Kier alpha value is -6.32. The maximum Gasteiger partial charge on any atom is 0.329 e. The normalized spacial score (nSPS) is 23.4. The summed E-state index contributed by atoms with van der Waals surface area (Å²) in [6.45, 7) is 6.63. The number of aryl methyl sites for hydroxylation is 1. The number of piperazine rings is 1. The van der Waals surface area contributed by atoms with E-state index in [1.54, 1.807) is 29.9 Å². The number of aromatic nitrogens is 6. The Balaban J connectivity index is 0.632. The van der Waals surface area contributed by atoms with E-state index in [1.165, 1.54) is 34.6 Å². The molecule has 1 atom stereocenters. The number of nitrogens with one attached hydrogen (secondary N) is 3. The van der Waals surface area contributed by atoms with Gasteiger partial charge in [0.15, 0.2) is 11.4 Å². The summed E-state index contributed by atoms with van der Waals surface area (Å²) in [6.07, 6.45) is 8.30. The standard InChI is InChI=1S/C49H60F2N12O7/c1-58(34-23-35(24-34)69-20-19-60-15-17-61(18-16-60)26-30-5-10-38-40(21-30)59(2)49(68)63(38)39-11-12-42(64)56-46(39)66)48(67)31-6-8-33(9-7-31)62-27-36(43(57-62)44(50)51)54-45(65)37-28-70-47(55-37)32-13-14-52-41(22-32)53-25-29-3-4-29/h5,10,13-14,21-22,27-29,31,33-35,39,44H,3-4,6-9,11-12,15-20,23-26H2,1-2H3,(H,52,53)(H,54,65)(H,56,64,66). The molecule has 1 unspecified atom stereocenters. The zero-order chi connectivity index (χ0) is 48.6. The van der Waals surface area contributed by atoms with Crippen LogP contribution in [0.4, 0.5) is 20.3 Å². The molecule has 5 aliphatic rings. The number of ether oxygens (including phenoxy) is 1. The Bertz CT molecular complexity index is 2800. The average molecular weight is 967 g/mol. The first-order chi connectivity index (χ1) is 33.8. The lowest BCUT2D eigenvalue weighted by Gasteiger charge is -2.43. The average Bonchev–Trinajstić information content (AvgIpc) is 3.76. The number of hydrogen-bond acceptors (Lipinski definition) is 13. The number of fused-ring (bicyclic) bond motifs is 1. The molecule has 1 aromatic carbocycles. The minimum absolute atomic E-state index is 0.0601. The van der Waals surface area contributed by atoms with Gasteiger partial charge in [0.05, 0.1) is 35.5 Å². The van der Waals surface area contributed by atoms with E-state index in [4.69, 9.17) is 9.15 Å². The molecule has 21 heteroatoms. The number of hydrogen-bond donors (Lipinski definition) is 3. The summed E-state index contributed by atoms with van der Waals surface area (Å²) in [4.78, 5) is 79.6. The summed E-state index contributed by atoms with van der Waals surface area (Å²) in [6, 6.07) is 8.64. The highest BCUT2D eigenvalue weighted by Crippen LogP contribution is 2.38. The number of piperidine rings is 1. The number of halogens is 2. The monoisotopic (exact) mass is 966 g/mol. The summed E-state index contributed by atoms with van der Waals surface area (Å²) in [5, 5.41) is 12.4. The lowest BCUT2D eigenvalue weighted by molar-refractivity contribution is -0.143. The van der Waals surface area contributed by atoms with Gasteiger partial charge >= 0.3 is 5.69 Å². The number of oxazole rings is 1. The van der Waals surface area contributed by atoms with E-state index in [-0.39, 0.29) is 65.3 Å². The Morgan fingerprint density at radius 2 is 1.74 bits per heavy atom. The largest absolute Gasteiger partial charge is 0.444 e. The minimum atomic E-state index is -2.92. The molecule has 4 amide bonds. The summed E-state index contributed by atoms with van der Waals surface area (Å²) in [7, 11) is 3.57. The van der Waals surface area contributed by atoms with Crippen molar-refractivity contribution in [1.29, 1.82) is 0 Å². The molecule has 5 aromatic rings. The number of amides is 4. The minimum Gasteiger partial charge on any atom is -0.444 e. The van der Waals surface area contributed by atoms with Crippen LogP contribution in [0.5, 0.6) is 0 Å². The second-order valence-corrected chi connectivity index (χ2v) is 19.6. The lowest BCUT2D eigenvalue weighted by atomic mass is 9.83. The Labute approximate surface area is 402 Å². The molecule has 10 rings (SSSR count). The van der Waals surface area contributed by atoms with Crippen molar-refractivity contribution in [1.82, 2.24) is 48.9 Å². The molecular weight excluding hydrogens is 907 g/mol. The molecule has 3 saturated carbocycles. The van der Waals surface area contributed by atoms with Gasteiger partial charge in [0.1, 0.15) is 18.1 Å². The summed E-state index contributed by atoms with van der Waals surface area (Å²) in [5.74, 6) is 0.0151. The molecule has 3 aliphatic carbocycles. The van der Waals surface area contributed by atoms with Gasteiger partial charge < -0.3 is 24.7 Å². The van der Waals surface area contributed by atoms with Crippen LogP contribution in [-0.2, 0) is 32.7 Å². The molecule has 0 bridgehead atoms. The van der Waals surface area contributed by atoms with Crippen LogP contribution in [-0.4, -0.2) is 132 Å². The van der Waals surface area contributed by atoms with Gasteiger partial charge in [-0.25, -0.2) is 23.5 Å². The fraction of sp³-hybridized carbons (Fsp3) is 0.551. The fourth-order valence-electron chi connectivity index (χ4n) is 10.3. The molecule has 19 nitrogen and oxygen atoms in total. The van der Waals surface area contributed by atoms with Gasteiger partial charge in [-0.2, -0.15) is 5.10 Å². The van der Waals surface area contributed by atoms with Crippen molar-refractivity contribution in [2.24, 2.45) is 18.9 Å². The number of carbonyl (C=O) groups is 4. The van der Waals surface area contributed by atoms with E-state index in [0.717, 1.165) is 69.7 Å². The van der Waals surface area contributed by atoms with Gasteiger partial charge in [-0.05, 0) is 93.5 Å². The highest BCUT2D eigenvalue weighted by atomic mass is 19.3. The van der Waals surface area contributed by atoms with Crippen LogP contribution in [0.2, 0.25) is 0 Å². The molecule has 2 saturated heterocycles. The predicted molar refractivity (Wildman–Crippen MR) is 253 cm³/mol. The van der Waals surface area contributed by atoms with Crippen LogP contribution < -0.4 is 21.6 Å². The van der Waals surface area contributed by atoms with Gasteiger partial charge in [0.2, 0.25) is 23.6 Å². The van der Waals surface area contributed by atoms with Crippen LogP contribution in [0.1, 0.15) is 104 Å². The van der Waals surface area contributed by atoms with E-state index in [2.05, 4.69) is 40.8 Å². The maximum absolute atomic E-state index is 14.2. The number of imide groups is 1. The molecule has 5 fully saturated rings. The van der Waals surface area contributed by atoms with Gasteiger partial charge in [0, 0.05) is 96.2 Å². The molecule has 0 radical (unpaired) electrons. The number of pyridine rings is 1. The van der Waals surface area contributed by atoms with Crippen molar-refractivity contribution in [3.8, 4) is 11.5 Å². The van der Waals surface area contributed by atoms with Crippen molar-refractivity contribution >= 4 is 46.2 Å². The smallest absolute Gasteiger partial charge is 0.329 e. The second-order valence-electron chi connectivity index (χ2n) is 19.6. The fourth-order valence-corrected chi connectivity index (χ4v) is 10.3. The van der Waals surface area contributed by atoms with Gasteiger partial charge in [-0.1, -0.05) is 6.07 Å². The molecule has 2 aliphatic heterocycles. The van der Waals surface area contributed by atoms with Gasteiger partial charge in [-0.15, -0.1) is 0 Å². The van der Waals surface area contributed by atoms with Crippen molar-refractivity contribution in [3.05, 3.63) is 76.4 Å². The zero-order valence-corrected chi connectivity index (χ0v) is 39.5. The number of alkyl halides is 2. The molecule has 372 valence electrons. The Morgan fingerprint density at radius 1 is 0.971 bits per heavy atom. The van der Waals surface area contributed by atoms with E-state index < -0.39 is 30.0 Å². The van der Waals surface area contributed by atoms with Crippen LogP contribution >= 0.6 is 0 Å². The Kier molecular flexibility index (Phi) is 13.7. The Morgan fingerprint density at radius 3 is 2.49 bits per heavy atom. The topological polar surface area (TPSA) is 207 Å². The quantitative estimate of drug-likeness (QED) is 0.104. The van der Waals surface area contributed by atoms with Crippen LogP contribution in [0.25, 0.3) is 22.5 Å². The van der Waals surface area contributed by atoms with Crippen LogP contribution in [0.15, 0.2) is 58.2 Å². The first kappa shape index (κ1) is 47.4. The van der Waals surface area contributed by atoms with Crippen LogP contribution in [0.3, 0.4) is 0 Å². The highest BCUT2D eigenvalue weighted by molar-refractivity contribution is 6.03. The summed E-state index contributed by atoms with van der Waals surface area (Å²) in [5.41, 5.74) is 2.19. The second kappa shape index (κ2) is 20.2. The van der Waals surface area contributed by atoms with Crippen molar-refractivity contribution < 1.29 is 37.1 Å². The number of benzene rings is 1. The summed E-state index contributed by atoms with van der Waals surface area (Å²) < 4.78 is 44.8. The molecule has 3 N–H and O–H groups in total. The number of carbonyl (C=O) groups excluding carboxylic acids is 4. The zero-order valence-electron chi connectivity index (χ0n) is 39.5. The van der Waals surface area contributed by atoms with Crippen LogP contribution in [0, 0.1) is 11.8 Å². The van der Waals surface area contributed by atoms with E-state index >= 15 is 0 Å². The number of rotatable bonds is 17.